The summed E-state index contributed by atoms with van der Waals surface area (Å²) >= 11 is 0. The summed E-state index contributed by atoms with van der Waals surface area (Å²) in [7, 11) is 0. The number of furan rings is 1. The number of unbranched alkanes of at least 4 members (excludes halogenated alkanes) is 3. The summed E-state index contributed by atoms with van der Waals surface area (Å²) in [6.45, 7) is 1.15. The largest absolute Gasteiger partial charge is 0.481 e. The molecular formula is C14H22N2O4. The maximum atomic E-state index is 11.4. The number of urea groups is 1. The second kappa shape index (κ2) is 9.89. The Morgan fingerprint density at radius 3 is 2.55 bits per heavy atom. The Morgan fingerprint density at radius 2 is 1.85 bits per heavy atom. The highest BCUT2D eigenvalue weighted by Crippen LogP contribution is 2.02. The molecule has 1 heterocycles. The van der Waals surface area contributed by atoms with Crippen molar-refractivity contribution in [1.82, 2.24) is 10.6 Å². The Labute approximate surface area is 118 Å². The van der Waals surface area contributed by atoms with Crippen LogP contribution in [0.1, 0.15) is 37.9 Å². The van der Waals surface area contributed by atoms with Gasteiger partial charge in [0.15, 0.2) is 0 Å². The first-order valence-corrected chi connectivity index (χ1v) is 6.94. The molecule has 3 N–H and O–H groups in total. The van der Waals surface area contributed by atoms with Crippen LogP contribution < -0.4 is 10.6 Å². The zero-order chi connectivity index (χ0) is 14.6. The summed E-state index contributed by atoms with van der Waals surface area (Å²) in [6.07, 6.45) is 5.89. The van der Waals surface area contributed by atoms with Gasteiger partial charge in [-0.2, -0.15) is 0 Å². The molecule has 0 aromatic carbocycles. The van der Waals surface area contributed by atoms with Crippen molar-refractivity contribution >= 4 is 12.0 Å². The fourth-order valence-electron chi connectivity index (χ4n) is 1.77. The molecule has 0 aliphatic carbocycles. The minimum absolute atomic E-state index is 0.179. The van der Waals surface area contributed by atoms with E-state index in [1.807, 2.05) is 12.1 Å². The molecule has 6 nitrogen and oxygen atoms in total. The Kier molecular flexibility index (Phi) is 7.95. The van der Waals surface area contributed by atoms with Crippen LogP contribution in [0, 0.1) is 0 Å². The summed E-state index contributed by atoms with van der Waals surface area (Å²) in [4.78, 5) is 21.7. The van der Waals surface area contributed by atoms with Gasteiger partial charge in [-0.1, -0.05) is 12.8 Å². The van der Waals surface area contributed by atoms with E-state index in [1.165, 1.54) is 0 Å². The minimum atomic E-state index is -0.751. The lowest BCUT2D eigenvalue weighted by molar-refractivity contribution is -0.137. The van der Waals surface area contributed by atoms with Crippen LogP contribution in [-0.4, -0.2) is 30.2 Å². The van der Waals surface area contributed by atoms with Gasteiger partial charge in [-0.15, -0.1) is 0 Å². The molecule has 1 aromatic heterocycles. The van der Waals surface area contributed by atoms with Crippen molar-refractivity contribution < 1.29 is 19.1 Å². The zero-order valence-corrected chi connectivity index (χ0v) is 11.6. The first kappa shape index (κ1) is 16.1. The fourth-order valence-corrected chi connectivity index (χ4v) is 1.77. The van der Waals surface area contributed by atoms with E-state index in [4.69, 9.17) is 9.52 Å². The van der Waals surface area contributed by atoms with Crippen LogP contribution in [0.25, 0.3) is 0 Å². The van der Waals surface area contributed by atoms with Gasteiger partial charge in [-0.05, 0) is 25.0 Å². The molecule has 2 amide bonds. The highest BCUT2D eigenvalue weighted by Gasteiger charge is 2.01. The number of carboxylic acids is 1. The molecule has 1 rings (SSSR count). The number of carbonyl (C=O) groups is 2. The zero-order valence-electron chi connectivity index (χ0n) is 11.6. The van der Waals surface area contributed by atoms with Crippen molar-refractivity contribution in [3.63, 3.8) is 0 Å². The first-order chi connectivity index (χ1) is 9.68. The average Bonchev–Trinajstić information content (AvgIpc) is 2.90. The Bertz CT molecular complexity index is 390. The van der Waals surface area contributed by atoms with Gasteiger partial charge < -0.3 is 20.2 Å². The molecule has 0 radical (unpaired) electrons. The number of aliphatic carboxylic acids is 1. The Hall–Kier alpha value is -1.98. The van der Waals surface area contributed by atoms with Crippen molar-refractivity contribution in [2.45, 2.75) is 38.5 Å². The van der Waals surface area contributed by atoms with Crippen LogP contribution in [0.5, 0.6) is 0 Å². The number of carbonyl (C=O) groups excluding carboxylic acids is 1. The second-order valence-electron chi connectivity index (χ2n) is 4.57. The number of nitrogens with one attached hydrogen (secondary N) is 2. The lowest BCUT2D eigenvalue weighted by Crippen LogP contribution is -2.37. The molecule has 0 saturated carbocycles. The maximum Gasteiger partial charge on any atom is 0.314 e. The summed E-state index contributed by atoms with van der Waals surface area (Å²) in [5.74, 6) is 0.0998. The molecule has 0 unspecified atom stereocenters. The van der Waals surface area contributed by atoms with Crippen LogP contribution in [0.15, 0.2) is 22.8 Å². The maximum absolute atomic E-state index is 11.4. The van der Waals surface area contributed by atoms with E-state index in [0.29, 0.717) is 25.9 Å². The predicted octanol–water partition coefficient (Wildman–Crippen LogP) is 2.16. The van der Waals surface area contributed by atoms with Gasteiger partial charge >= 0.3 is 12.0 Å². The van der Waals surface area contributed by atoms with Crippen LogP contribution in [0.4, 0.5) is 4.79 Å². The molecule has 112 valence electrons. The smallest absolute Gasteiger partial charge is 0.314 e. The summed E-state index contributed by atoms with van der Waals surface area (Å²) < 4.78 is 5.15. The van der Waals surface area contributed by atoms with E-state index < -0.39 is 5.97 Å². The van der Waals surface area contributed by atoms with E-state index in [-0.39, 0.29) is 12.5 Å². The Morgan fingerprint density at radius 1 is 1.10 bits per heavy atom. The third kappa shape index (κ3) is 8.18. The summed E-state index contributed by atoms with van der Waals surface area (Å²) in [5, 5.41) is 14.0. The molecule has 0 saturated heterocycles. The van der Waals surface area contributed by atoms with Gasteiger partial charge in [0.25, 0.3) is 0 Å². The number of hydrogen-bond donors (Lipinski definition) is 3. The lowest BCUT2D eigenvalue weighted by atomic mass is 10.1. The molecule has 0 atom stereocenters. The van der Waals surface area contributed by atoms with Gasteiger partial charge in [0, 0.05) is 25.9 Å². The predicted molar refractivity (Wildman–Crippen MR) is 74.5 cm³/mol. The number of amides is 2. The quantitative estimate of drug-likeness (QED) is 0.573. The molecule has 0 aliphatic heterocycles. The number of hydrogen-bond acceptors (Lipinski definition) is 3. The van der Waals surface area contributed by atoms with Gasteiger partial charge in [-0.25, -0.2) is 4.79 Å². The van der Waals surface area contributed by atoms with Crippen LogP contribution in [0.2, 0.25) is 0 Å². The van der Waals surface area contributed by atoms with Crippen molar-refractivity contribution in [3.8, 4) is 0 Å². The van der Waals surface area contributed by atoms with E-state index in [2.05, 4.69) is 10.6 Å². The molecule has 0 fully saturated rings. The van der Waals surface area contributed by atoms with Crippen molar-refractivity contribution in [2.24, 2.45) is 0 Å². The van der Waals surface area contributed by atoms with Crippen molar-refractivity contribution in [1.29, 1.82) is 0 Å². The highest BCUT2D eigenvalue weighted by molar-refractivity contribution is 5.73. The minimum Gasteiger partial charge on any atom is -0.481 e. The van der Waals surface area contributed by atoms with E-state index in [0.717, 1.165) is 25.0 Å². The normalized spacial score (nSPS) is 10.2. The summed E-state index contributed by atoms with van der Waals surface area (Å²) in [5.41, 5.74) is 0. The lowest BCUT2D eigenvalue weighted by Gasteiger charge is -2.06. The molecule has 0 bridgehead atoms. The van der Waals surface area contributed by atoms with Crippen molar-refractivity contribution in [2.75, 3.05) is 13.1 Å². The average molecular weight is 282 g/mol. The van der Waals surface area contributed by atoms with E-state index in [9.17, 15) is 9.59 Å². The third-order valence-corrected chi connectivity index (χ3v) is 2.84. The van der Waals surface area contributed by atoms with Crippen LogP contribution in [-0.2, 0) is 11.2 Å². The fraction of sp³-hybridized carbons (Fsp3) is 0.571. The van der Waals surface area contributed by atoms with Gasteiger partial charge in [-0.3, -0.25) is 4.79 Å². The van der Waals surface area contributed by atoms with Gasteiger partial charge in [0.1, 0.15) is 5.76 Å². The SMILES string of the molecule is O=C(O)CCCCCCNC(=O)NCCc1ccco1. The number of carboxylic acid groups (broad SMARTS) is 1. The van der Waals surface area contributed by atoms with Crippen LogP contribution in [0.3, 0.4) is 0 Å². The monoisotopic (exact) mass is 282 g/mol. The van der Waals surface area contributed by atoms with Gasteiger partial charge in [0.2, 0.25) is 0 Å². The molecular weight excluding hydrogens is 260 g/mol. The third-order valence-electron chi connectivity index (χ3n) is 2.84. The molecule has 6 heteroatoms. The van der Waals surface area contributed by atoms with E-state index >= 15 is 0 Å². The first-order valence-electron chi connectivity index (χ1n) is 6.94. The van der Waals surface area contributed by atoms with Gasteiger partial charge in [0.05, 0.1) is 6.26 Å². The topological polar surface area (TPSA) is 91.6 Å². The van der Waals surface area contributed by atoms with Crippen molar-refractivity contribution in [3.05, 3.63) is 24.2 Å². The second-order valence-corrected chi connectivity index (χ2v) is 4.57. The van der Waals surface area contributed by atoms with E-state index in [1.54, 1.807) is 6.26 Å². The molecule has 0 aliphatic rings. The van der Waals surface area contributed by atoms with Crippen LogP contribution >= 0.6 is 0 Å². The highest BCUT2D eigenvalue weighted by atomic mass is 16.4. The molecule has 20 heavy (non-hydrogen) atoms. The molecule has 0 spiro atoms. The summed E-state index contributed by atoms with van der Waals surface area (Å²) in [6, 6.07) is 3.51. The standard InChI is InChI=1S/C14H22N2O4/c17-13(18)7-3-1-2-4-9-15-14(19)16-10-8-12-6-5-11-20-12/h5-6,11H,1-4,7-10H2,(H,17,18)(H2,15,16,19). The Balaban J connectivity index is 1.88. The number of rotatable bonds is 10. The molecule has 1 aromatic rings.